The van der Waals surface area contributed by atoms with Crippen LogP contribution >= 0.6 is 11.8 Å². The SMILES string of the molecule is COCCn1c(SCC(=O)Nc2cc(C)ccc2C)nc2ccccc21. The quantitative estimate of drug-likeness (QED) is 0.639. The van der Waals surface area contributed by atoms with E-state index in [1.54, 1.807) is 7.11 Å². The summed E-state index contributed by atoms with van der Waals surface area (Å²) in [5.74, 6) is 0.276. The van der Waals surface area contributed by atoms with Crippen LogP contribution in [0.5, 0.6) is 0 Å². The van der Waals surface area contributed by atoms with E-state index in [-0.39, 0.29) is 5.91 Å². The number of methoxy groups -OCH3 is 1. The third-order valence-corrected chi connectivity index (χ3v) is 5.11. The summed E-state index contributed by atoms with van der Waals surface area (Å²) in [6.45, 7) is 5.31. The van der Waals surface area contributed by atoms with Gasteiger partial charge in [0, 0.05) is 19.3 Å². The molecule has 0 radical (unpaired) electrons. The van der Waals surface area contributed by atoms with Crippen LogP contribution in [-0.2, 0) is 16.1 Å². The molecule has 3 rings (SSSR count). The second-order valence-corrected chi connectivity index (χ2v) is 7.13. The molecule has 0 unspecified atom stereocenters. The van der Waals surface area contributed by atoms with Gasteiger partial charge in [-0.1, -0.05) is 36.0 Å². The number of nitrogens with one attached hydrogen (secondary N) is 1. The number of amides is 1. The minimum Gasteiger partial charge on any atom is -0.383 e. The molecule has 3 aromatic rings. The lowest BCUT2D eigenvalue weighted by Crippen LogP contribution is -2.15. The highest BCUT2D eigenvalue weighted by Gasteiger charge is 2.13. The van der Waals surface area contributed by atoms with Gasteiger partial charge >= 0.3 is 0 Å². The van der Waals surface area contributed by atoms with Crippen LogP contribution in [0.4, 0.5) is 5.69 Å². The number of aryl methyl sites for hydroxylation is 2. The van der Waals surface area contributed by atoms with Crippen molar-refractivity contribution in [3.8, 4) is 0 Å². The summed E-state index contributed by atoms with van der Waals surface area (Å²) in [5.41, 5.74) is 5.03. The largest absolute Gasteiger partial charge is 0.383 e. The highest BCUT2D eigenvalue weighted by molar-refractivity contribution is 7.99. The normalized spacial score (nSPS) is 11.0. The van der Waals surface area contributed by atoms with Crippen molar-refractivity contribution in [2.24, 2.45) is 0 Å². The van der Waals surface area contributed by atoms with Crippen molar-refractivity contribution in [2.75, 3.05) is 24.8 Å². The zero-order chi connectivity index (χ0) is 18.5. The van der Waals surface area contributed by atoms with E-state index >= 15 is 0 Å². The standard InChI is InChI=1S/C20H23N3O2S/c1-14-8-9-15(2)17(12-14)21-19(24)13-26-20-22-16-6-4-5-7-18(16)23(20)10-11-25-3/h4-9,12H,10-11,13H2,1-3H3,(H,21,24). The fourth-order valence-corrected chi connectivity index (χ4v) is 3.59. The van der Waals surface area contributed by atoms with Crippen molar-refractivity contribution in [3.05, 3.63) is 53.6 Å². The number of ether oxygens (including phenoxy) is 1. The van der Waals surface area contributed by atoms with E-state index in [4.69, 9.17) is 4.74 Å². The molecule has 0 atom stereocenters. The van der Waals surface area contributed by atoms with Crippen molar-refractivity contribution >= 4 is 34.4 Å². The molecule has 1 amide bonds. The van der Waals surface area contributed by atoms with E-state index in [2.05, 4.69) is 14.9 Å². The van der Waals surface area contributed by atoms with Crippen LogP contribution in [0, 0.1) is 13.8 Å². The smallest absolute Gasteiger partial charge is 0.234 e. The lowest BCUT2D eigenvalue weighted by Gasteiger charge is -2.10. The number of hydrogen-bond acceptors (Lipinski definition) is 4. The maximum atomic E-state index is 12.4. The molecule has 0 saturated heterocycles. The second kappa shape index (κ2) is 8.38. The number of anilines is 1. The molecule has 5 nitrogen and oxygen atoms in total. The van der Waals surface area contributed by atoms with Crippen LogP contribution in [0.3, 0.4) is 0 Å². The number of imidazole rings is 1. The Hall–Kier alpha value is -2.31. The van der Waals surface area contributed by atoms with Gasteiger partial charge in [0.05, 0.1) is 23.4 Å². The minimum absolute atomic E-state index is 0.0333. The van der Waals surface area contributed by atoms with Gasteiger partial charge in [0.15, 0.2) is 5.16 Å². The Morgan fingerprint density at radius 2 is 2.04 bits per heavy atom. The van der Waals surface area contributed by atoms with Crippen LogP contribution in [0.15, 0.2) is 47.6 Å². The van der Waals surface area contributed by atoms with Crippen molar-refractivity contribution < 1.29 is 9.53 Å². The Labute approximate surface area is 157 Å². The summed E-state index contributed by atoms with van der Waals surface area (Å²) >= 11 is 1.44. The predicted molar refractivity (Wildman–Crippen MR) is 107 cm³/mol. The number of hydrogen-bond donors (Lipinski definition) is 1. The molecule has 1 aromatic heterocycles. The maximum absolute atomic E-state index is 12.4. The van der Waals surface area contributed by atoms with Crippen LogP contribution < -0.4 is 5.32 Å². The first-order valence-corrected chi connectivity index (χ1v) is 9.51. The van der Waals surface area contributed by atoms with Crippen molar-refractivity contribution in [3.63, 3.8) is 0 Å². The van der Waals surface area contributed by atoms with E-state index in [1.807, 2.05) is 56.3 Å². The molecule has 6 heteroatoms. The molecule has 1 N–H and O–H groups in total. The summed E-state index contributed by atoms with van der Waals surface area (Å²) in [6.07, 6.45) is 0. The van der Waals surface area contributed by atoms with Crippen molar-refractivity contribution in [1.29, 1.82) is 0 Å². The van der Waals surface area contributed by atoms with Gasteiger partial charge in [0.1, 0.15) is 0 Å². The molecule has 2 aromatic carbocycles. The number of rotatable bonds is 7. The monoisotopic (exact) mass is 369 g/mol. The van der Waals surface area contributed by atoms with Gasteiger partial charge in [-0.25, -0.2) is 4.98 Å². The number of benzene rings is 2. The zero-order valence-corrected chi connectivity index (χ0v) is 16.1. The Morgan fingerprint density at radius 1 is 1.23 bits per heavy atom. The van der Waals surface area contributed by atoms with Crippen molar-refractivity contribution in [2.45, 2.75) is 25.5 Å². The van der Waals surface area contributed by atoms with E-state index in [0.717, 1.165) is 33.0 Å². The number of carbonyl (C=O) groups is 1. The first-order valence-electron chi connectivity index (χ1n) is 8.52. The van der Waals surface area contributed by atoms with Crippen LogP contribution in [0.25, 0.3) is 11.0 Å². The van der Waals surface area contributed by atoms with E-state index in [9.17, 15) is 4.79 Å². The van der Waals surface area contributed by atoms with Crippen LogP contribution in [-0.4, -0.2) is 34.9 Å². The topological polar surface area (TPSA) is 56.1 Å². The number of nitrogens with zero attached hydrogens (tertiary/aromatic N) is 2. The number of fused-ring (bicyclic) bond motifs is 1. The summed E-state index contributed by atoms with van der Waals surface area (Å²) in [4.78, 5) is 17.1. The number of carbonyl (C=O) groups excluding carboxylic acids is 1. The van der Waals surface area contributed by atoms with Gasteiger partial charge in [-0.2, -0.15) is 0 Å². The highest BCUT2D eigenvalue weighted by atomic mass is 32.2. The molecule has 136 valence electrons. The molecule has 0 aliphatic heterocycles. The first-order chi connectivity index (χ1) is 12.6. The second-order valence-electron chi connectivity index (χ2n) is 6.18. The molecule has 0 aliphatic carbocycles. The Kier molecular flexibility index (Phi) is 5.96. The first kappa shape index (κ1) is 18.5. The van der Waals surface area contributed by atoms with E-state index < -0.39 is 0 Å². The van der Waals surface area contributed by atoms with Crippen molar-refractivity contribution in [1.82, 2.24) is 9.55 Å². The maximum Gasteiger partial charge on any atom is 0.234 e. The van der Waals surface area contributed by atoms with Crippen LogP contribution in [0.1, 0.15) is 11.1 Å². The molecule has 26 heavy (non-hydrogen) atoms. The molecule has 0 bridgehead atoms. The molecular weight excluding hydrogens is 346 g/mol. The highest BCUT2D eigenvalue weighted by Crippen LogP contribution is 2.24. The third kappa shape index (κ3) is 4.26. The lowest BCUT2D eigenvalue weighted by atomic mass is 10.1. The average molecular weight is 369 g/mol. The van der Waals surface area contributed by atoms with Gasteiger partial charge in [-0.3, -0.25) is 4.79 Å². The predicted octanol–water partition coefficient (Wildman–Crippen LogP) is 4.03. The van der Waals surface area contributed by atoms with Gasteiger partial charge in [0.25, 0.3) is 0 Å². The minimum atomic E-state index is -0.0333. The molecular formula is C20H23N3O2S. The Bertz CT molecular complexity index is 921. The summed E-state index contributed by atoms with van der Waals surface area (Å²) in [5, 5.41) is 3.83. The Balaban J connectivity index is 1.72. The summed E-state index contributed by atoms with van der Waals surface area (Å²) in [6, 6.07) is 14.0. The average Bonchev–Trinajstić information content (AvgIpc) is 2.99. The lowest BCUT2D eigenvalue weighted by molar-refractivity contribution is -0.113. The van der Waals surface area contributed by atoms with Crippen LogP contribution in [0.2, 0.25) is 0 Å². The number of aromatic nitrogens is 2. The van der Waals surface area contributed by atoms with Gasteiger partial charge in [-0.05, 0) is 43.2 Å². The zero-order valence-electron chi connectivity index (χ0n) is 15.3. The van der Waals surface area contributed by atoms with Gasteiger partial charge < -0.3 is 14.6 Å². The summed E-state index contributed by atoms with van der Waals surface area (Å²) in [7, 11) is 1.68. The number of thioether (sulfide) groups is 1. The number of para-hydroxylation sites is 2. The molecule has 0 spiro atoms. The summed E-state index contributed by atoms with van der Waals surface area (Å²) < 4.78 is 7.32. The van der Waals surface area contributed by atoms with E-state index in [0.29, 0.717) is 18.9 Å². The molecule has 0 fully saturated rings. The fourth-order valence-electron chi connectivity index (χ4n) is 2.75. The molecule has 0 saturated carbocycles. The molecule has 0 aliphatic rings. The fraction of sp³-hybridized carbons (Fsp3) is 0.300. The molecule has 1 heterocycles. The van der Waals surface area contributed by atoms with Gasteiger partial charge in [-0.15, -0.1) is 0 Å². The van der Waals surface area contributed by atoms with Gasteiger partial charge in [0.2, 0.25) is 5.91 Å². The van der Waals surface area contributed by atoms with E-state index in [1.165, 1.54) is 11.8 Å². The third-order valence-electron chi connectivity index (χ3n) is 4.14. The Morgan fingerprint density at radius 3 is 2.85 bits per heavy atom.